The number of imide groups is 1. The number of nitrogens with one attached hydrogen (secondary N) is 2. The molecule has 1 aromatic rings. The van der Waals surface area contributed by atoms with Crippen molar-refractivity contribution in [2.45, 2.75) is 65.3 Å². The van der Waals surface area contributed by atoms with E-state index < -0.39 is 11.6 Å². The Morgan fingerprint density at radius 1 is 1.29 bits per heavy atom. The number of carbonyl (C=O) groups excluding carboxylic acids is 3. The largest absolute Gasteiger partial charge is 0.325 e. The molecule has 1 heterocycles. The van der Waals surface area contributed by atoms with Crippen LogP contribution in [0.15, 0.2) is 24.3 Å². The molecule has 1 aliphatic heterocycles. The summed E-state index contributed by atoms with van der Waals surface area (Å²) in [6, 6.07) is 6.96. The van der Waals surface area contributed by atoms with E-state index in [9.17, 15) is 14.4 Å². The van der Waals surface area contributed by atoms with Gasteiger partial charge in [0.2, 0.25) is 5.91 Å². The van der Waals surface area contributed by atoms with Crippen LogP contribution >= 0.6 is 0 Å². The number of hydrogen-bond donors (Lipinski definition) is 2. The summed E-state index contributed by atoms with van der Waals surface area (Å²) in [6.07, 6.45) is 4.20. The van der Waals surface area contributed by atoms with Crippen molar-refractivity contribution in [1.82, 2.24) is 10.2 Å². The number of amides is 4. The molecule has 6 heteroatoms. The molecule has 1 spiro atoms. The van der Waals surface area contributed by atoms with Crippen molar-refractivity contribution in [3.63, 3.8) is 0 Å². The van der Waals surface area contributed by atoms with Crippen LogP contribution in [0, 0.1) is 18.3 Å². The molecule has 4 amide bonds. The van der Waals surface area contributed by atoms with Crippen LogP contribution in [0.2, 0.25) is 0 Å². The summed E-state index contributed by atoms with van der Waals surface area (Å²) in [5.74, 6) is -0.0805. The lowest BCUT2D eigenvalue weighted by Crippen LogP contribution is -2.51. The third-order valence-corrected chi connectivity index (χ3v) is 6.71. The van der Waals surface area contributed by atoms with Crippen molar-refractivity contribution in [3.8, 4) is 0 Å². The van der Waals surface area contributed by atoms with E-state index in [2.05, 4.69) is 31.4 Å². The summed E-state index contributed by atoms with van der Waals surface area (Å²) in [7, 11) is 0. The zero-order valence-corrected chi connectivity index (χ0v) is 17.3. The first kappa shape index (κ1) is 20.4. The molecule has 0 atom stereocenters. The lowest BCUT2D eigenvalue weighted by molar-refractivity contribution is -0.135. The predicted molar refractivity (Wildman–Crippen MR) is 109 cm³/mol. The Labute approximate surface area is 167 Å². The average Bonchev–Trinajstić information content (AvgIpc) is 2.86. The third-order valence-electron chi connectivity index (χ3n) is 6.71. The lowest BCUT2D eigenvalue weighted by atomic mass is 9.65. The summed E-state index contributed by atoms with van der Waals surface area (Å²) in [5.41, 5.74) is 1.09. The molecule has 1 saturated carbocycles. The standard InChI is InChI=1S/C22H31N3O3/c1-5-21(3,4)16-9-11-22(12-10-16)19(27)25(20(28)24-22)14-18(26)23-17-8-6-7-15(2)13-17/h6-8,13,16H,5,9-12,14H2,1-4H3,(H,23,26)(H,24,28). The highest BCUT2D eigenvalue weighted by Crippen LogP contribution is 2.45. The number of nitrogens with zero attached hydrogens (tertiary/aromatic N) is 1. The van der Waals surface area contributed by atoms with Gasteiger partial charge in [-0.3, -0.25) is 14.5 Å². The van der Waals surface area contributed by atoms with E-state index in [0.29, 0.717) is 24.4 Å². The van der Waals surface area contributed by atoms with E-state index in [1.54, 1.807) is 6.07 Å². The minimum absolute atomic E-state index is 0.237. The summed E-state index contributed by atoms with van der Waals surface area (Å²) in [4.78, 5) is 38.9. The third kappa shape index (κ3) is 3.91. The SMILES string of the molecule is CCC(C)(C)C1CCC2(CC1)NC(=O)N(CC(=O)Nc1cccc(C)c1)C2=O. The molecule has 2 aliphatic rings. The van der Waals surface area contributed by atoms with E-state index >= 15 is 0 Å². The smallest absolute Gasteiger partial charge is 0.325 e. The van der Waals surface area contributed by atoms with Gasteiger partial charge in [0.05, 0.1) is 0 Å². The molecule has 1 saturated heterocycles. The van der Waals surface area contributed by atoms with Crippen LogP contribution in [0.3, 0.4) is 0 Å². The Kier molecular flexibility index (Phi) is 5.50. The van der Waals surface area contributed by atoms with E-state index in [1.165, 1.54) is 0 Å². The Hall–Kier alpha value is -2.37. The molecule has 0 unspecified atom stereocenters. The van der Waals surface area contributed by atoms with Crippen LogP contribution in [-0.2, 0) is 9.59 Å². The fourth-order valence-corrected chi connectivity index (χ4v) is 4.41. The van der Waals surface area contributed by atoms with Gasteiger partial charge in [-0.05, 0) is 61.6 Å². The Morgan fingerprint density at radius 2 is 1.96 bits per heavy atom. The zero-order chi connectivity index (χ0) is 20.5. The molecule has 6 nitrogen and oxygen atoms in total. The molecule has 1 aromatic carbocycles. The van der Waals surface area contributed by atoms with Crippen LogP contribution in [0.25, 0.3) is 0 Å². The molecule has 28 heavy (non-hydrogen) atoms. The van der Waals surface area contributed by atoms with Gasteiger partial charge in [0, 0.05) is 5.69 Å². The molecular formula is C22H31N3O3. The van der Waals surface area contributed by atoms with Crippen LogP contribution in [0.5, 0.6) is 0 Å². The number of carbonyl (C=O) groups is 3. The first-order valence-electron chi connectivity index (χ1n) is 10.2. The summed E-state index contributed by atoms with van der Waals surface area (Å²) in [6.45, 7) is 8.41. The Bertz CT molecular complexity index is 779. The first-order valence-corrected chi connectivity index (χ1v) is 10.2. The number of urea groups is 1. The van der Waals surface area contributed by atoms with Crippen molar-refractivity contribution in [2.24, 2.45) is 11.3 Å². The van der Waals surface area contributed by atoms with Gasteiger partial charge in [0.25, 0.3) is 5.91 Å². The molecular weight excluding hydrogens is 354 g/mol. The van der Waals surface area contributed by atoms with Gasteiger partial charge in [0.1, 0.15) is 12.1 Å². The quantitative estimate of drug-likeness (QED) is 0.756. The minimum atomic E-state index is -0.832. The molecule has 152 valence electrons. The van der Waals surface area contributed by atoms with Crippen LogP contribution < -0.4 is 10.6 Å². The summed E-state index contributed by atoms with van der Waals surface area (Å²) in [5, 5.41) is 5.66. The van der Waals surface area contributed by atoms with Gasteiger partial charge in [-0.2, -0.15) is 0 Å². The highest BCUT2D eigenvalue weighted by Gasteiger charge is 2.53. The van der Waals surface area contributed by atoms with Gasteiger partial charge < -0.3 is 10.6 Å². The van der Waals surface area contributed by atoms with Gasteiger partial charge >= 0.3 is 6.03 Å². The second-order valence-corrected chi connectivity index (χ2v) is 8.94. The molecule has 2 fully saturated rings. The summed E-state index contributed by atoms with van der Waals surface area (Å²) >= 11 is 0. The number of rotatable bonds is 5. The number of anilines is 1. The number of aryl methyl sites for hydroxylation is 1. The van der Waals surface area contributed by atoms with Gasteiger partial charge in [0.15, 0.2) is 0 Å². The predicted octanol–water partition coefficient (Wildman–Crippen LogP) is 3.85. The maximum Gasteiger partial charge on any atom is 0.325 e. The molecule has 0 aromatic heterocycles. The van der Waals surface area contributed by atoms with E-state index in [0.717, 1.165) is 29.7 Å². The lowest BCUT2D eigenvalue weighted by Gasteiger charge is -2.42. The molecule has 1 aliphatic carbocycles. The van der Waals surface area contributed by atoms with Crippen LogP contribution in [-0.4, -0.2) is 34.8 Å². The second-order valence-electron chi connectivity index (χ2n) is 8.94. The normalized spacial score (nSPS) is 25.1. The molecule has 0 bridgehead atoms. The van der Waals surface area contributed by atoms with Crippen LogP contribution in [0.1, 0.15) is 58.4 Å². The number of benzene rings is 1. The van der Waals surface area contributed by atoms with Crippen molar-refractivity contribution in [3.05, 3.63) is 29.8 Å². The fraction of sp³-hybridized carbons (Fsp3) is 0.591. The topological polar surface area (TPSA) is 78.5 Å². The van der Waals surface area contributed by atoms with Crippen molar-refractivity contribution >= 4 is 23.5 Å². The average molecular weight is 386 g/mol. The minimum Gasteiger partial charge on any atom is -0.325 e. The Balaban J connectivity index is 1.63. The van der Waals surface area contributed by atoms with E-state index in [-0.39, 0.29) is 23.8 Å². The molecule has 0 radical (unpaired) electrons. The first-order chi connectivity index (χ1) is 13.2. The summed E-state index contributed by atoms with van der Waals surface area (Å²) < 4.78 is 0. The second kappa shape index (κ2) is 7.57. The zero-order valence-electron chi connectivity index (χ0n) is 17.3. The van der Waals surface area contributed by atoms with Crippen molar-refractivity contribution < 1.29 is 14.4 Å². The van der Waals surface area contributed by atoms with Gasteiger partial charge in [-0.1, -0.05) is 39.3 Å². The monoisotopic (exact) mass is 385 g/mol. The number of hydrogen-bond acceptors (Lipinski definition) is 3. The van der Waals surface area contributed by atoms with Gasteiger partial charge in [-0.25, -0.2) is 4.79 Å². The highest BCUT2D eigenvalue weighted by molar-refractivity contribution is 6.10. The maximum atomic E-state index is 13.0. The maximum absolute atomic E-state index is 13.0. The van der Waals surface area contributed by atoms with E-state index in [4.69, 9.17) is 0 Å². The van der Waals surface area contributed by atoms with Crippen molar-refractivity contribution in [1.29, 1.82) is 0 Å². The highest BCUT2D eigenvalue weighted by atomic mass is 16.2. The van der Waals surface area contributed by atoms with E-state index in [1.807, 2.05) is 25.1 Å². The van der Waals surface area contributed by atoms with Gasteiger partial charge in [-0.15, -0.1) is 0 Å². The molecule has 2 N–H and O–H groups in total. The fourth-order valence-electron chi connectivity index (χ4n) is 4.41. The molecule has 3 rings (SSSR count). The van der Waals surface area contributed by atoms with Crippen LogP contribution in [0.4, 0.5) is 10.5 Å². The van der Waals surface area contributed by atoms with Crippen molar-refractivity contribution in [2.75, 3.05) is 11.9 Å². The Morgan fingerprint density at radius 3 is 2.57 bits per heavy atom.